The van der Waals surface area contributed by atoms with E-state index in [9.17, 15) is 9.90 Å². The van der Waals surface area contributed by atoms with Crippen LogP contribution in [0.25, 0.3) is 11.1 Å². The summed E-state index contributed by atoms with van der Waals surface area (Å²) in [7, 11) is 0. The zero-order valence-corrected chi connectivity index (χ0v) is 14.3. The van der Waals surface area contributed by atoms with E-state index in [2.05, 4.69) is 0 Å². The lowest BCUT2D eigenvalue weighted by atomic mass is 9.92. The Bertz CT molecular complexity index is 946. The van der Waals surface area contributed by atoms with Gasteiger partial charge in [0.15, 0.2) is 0 Å². The first kappa shape index (κ1) is 17.4. The summed E-state index contributed by atoms with van der Waals surface area (Å²) in [6, 6.07) is 22.7. The molecule has 0 aliphatic carbocycles. The number of rotatable bonds is 6. The number of carbonyl (C=O) groups is 1. The van der Waals surface area contributed by atoms with Crippen LogP contribution in [0.5, 0.6) is 0 Å². The Hall–Kier alpha value is -3.40. The molecule has 26 heavy (non-hydrogen) atoms. The number of carboxylic acid groups (broad SMARTS) is 1. The van der Waals surface area contributed by atoms with Crippen molar-refractivity contribution in [1.82, 2.24) is 0 Å². The highest BCUT2D eigenvalue weighted by atomic mass is 16.4. The molecular weight excluding hydrogens is 324 g/mol. The van der Waals surface area contributed by atoms with Crippen molar-refractivity contribution in [3.63, 3.8) is 0 Å². The molecule has 0 bridgehead atoms. The third-order valence-electron chi connectivity index (χ3n) is 4.41. The summed E-state index contributed by atoms with van der Waals surface area (Å²) in [6.07, 6.45) is 1.62. The summed E-state index contributed by atoms with van der Waals surface area (Å²) >= 11 is 0. The van der Waals surface area contributed by atoms with Crippen molar-refractivity contribution in [3.05, 3.63) is 95.1 Å². The van der Waals surface area contributed by atoms with Crippen molar-refractivity contribution < 1.29 is 9.90 Å². The van der Waals surface area contributed by atoms with Gasteiger partial charge in [-0.1, -0.05) is 66.7 Å². The molecule has 0 radical (unpaired) electrons. The first-order valence-corrected chi connectivity index (χ1v) is 8.40. The van der Waals surface area contributed by atoms with Gasteiger partial charge >= 0.3 is 5.97 Å². The molecule has 0 spiro atoms. The van der Waals surface area contributed by atoms with Gasteiger partial charge in [0, 0.05) is 5.56 Å². The predicted octanol–water partition coefficient (Wildman–Crippen LogP) is 4.12. The Balaban J connectivity index is 1.86. The van der Waals surface area contributed by atoms with Gasteiger partial charge in [0.2, 0.25) is 0 Å². The molecule has 3 aromatic carbocycles. The zero-order chi connectivity index (χ0) is 18.5. The maximum absolute atomic E-state index is 11.5. The van der Waals surface area contributed by atoms with E-state index >= 15 is 0 Å². The number of benzene rings is 3. The van der Waals surface area contributed by atoms with Gasteiger partial charge in [0.05, 0.1) is 5.56 Å². The zero-order valence-electron chi connectivity index (χ0n) is 14.3. The third kappa shape index (κ3) is 3.81. The van der Waals surface area contributed by atoms with Crippen LogP contribution in [0, 0.1) is 5.41 Å². The highest BCUT2D eigenvalue weighted by Crippen LogP contribution is 2.28. The van der Waals surface area contributed by atoms with Crippen molar-refractivity contribution in [2.24, 2.45) is 5.73 Å². The van der Waals surface area contributed by atoms with Gasteiger partial charge < -0.3 is 10.8 Å². The molecule has 0 aromatic heterocycles. The average molecular weight is 344 g/mol. The van der Waals surface area contributed by atoms with E-state index in [0.29, 0.717) is 11.1 Å². The number of carboxylic acids is 1. The van der Waals surface area contributed by atoms with Crippen LogP contribution in [0.3, 0.4) is 0 Å². The van der Waals surface area contributed by atoms with Crippen LogP contribution in [0.4, 0.5) is 0 Å². The minimum absolute atomic E-state index is 0.0622. The standard InChI is InChI=1S/C22H20N2O2/c23-21(24)17-13-10-15(11-14-17)9-12-16-5-1-2-6-18(16)19-7-3-4-8-20(19)22(25)26/h1-8,10-11,13-14H,9,12H2,(H3,23,24)(H,25,26). The van der Waals surface area contributed by atoms with E-state index in [0.717, 1.165) is 35.1 Å². The van der Waals surface area contributed by atoms with Crippen molar-refractivity contribution in [3.8, 4) is 11.1 Å². The fourth-order valence-corrected chi connectivity index (χ4v) is 3.04. The molecule has 0 heterocycles. The molecular formula is C22H20N2O2. The molecule has 4 nitrogen and oxygen atoms in total. The molecule has 0 aliphatic heterocycles. The van der Waals surface area contributed by atoms with Crippen LogP contribution in [0.1, 0.15) is 27.0 Å². The second kappa shape index (κ2) is 7.66. The Morgan fingerprint density at radius 1 is 0.846 bits per heavy atom. The molecule has 0 saturated heterocycles. The summed E-state index contributed by atoms with van der Waals surface area (Å²) in [6.45, 7) is 0. The minimum atomic E-state index is -0.921. The largest absolute Gasteiger partial charge is 0.478 e. The van der Waals surface area contributed by atoms with Crippen molar-refractivity contribution in [2.75, 3.05) is 0 Å². The number of hydrogen-bond acceptors (Lipinski definition) is 2. The number of aromatic carboxylic acids is 1. The van der Waals surface area contributed by atoms with Crippen LogP contribution in [0.15, 0.2) is 72.8 Å². The smallest absolute Gasteiger partial charge is 0.336 e. The summed E-state index contributed by atoms with van der Waals surface area (Å²) in [5.74, 6) is -0.859. The molecule has 4 heteroatoms. The van der Waals surface area contributed by atoms with Gasteiger partial charge in [-0.3, -0.25) is 5.41 Å². The molecule has 0 atom stereocenters. The molecule has 0 unspecified atom stereocenters. The number of aryl methyl sites for hydroxylation is 2. The number of hydrogen-bond donors (Lipinski definition) is 3. The quantitative estimate of drug-likeness (QED) is 0.464. The van der Waals surface area contributed by atoms with E-state index < -0.39 is 5.97 Å². The Kier molecular flexibility index (Phi) is 5.13. The Labute approximate surface area is 152 Å². The molecule has 0 aliphatic rings. The number of nitrogens with one attached hydrogen (secondary N) is 1. The molecule has 3 rings (SSSR count). The topological polar surface area (TPSA) is 87.2 Å². The number of nitrogen functional groups attached to an aromatic ring is 1. The van der Waals surface area contributed by atoms with E-state index in [-0.39, 0.29) is 5.84 Å². The second-order valence-electron chi connectivity index (χ2n) is 6.12. The van der Waals surface area contributed by atoms with Gasteiger partial charge in [-0.2, -0.15) is 0 Å². The predicted molar refractivity (Wildman–Crippen MR) is 104 cm³/mol. The van der Waals surface area contributed by atoms with Gasteiger partial charge in [-0.15, -0.1) is 0 Å². The molecule has 130 valence electrons. The summed E-state index contributed by atoms with van der Waals surface area (Å²) in [4.78, 5) is 11.5. The molecule has 3 aromatic rings. The van der Waals surface area contributed by atoms with Gasteiger partial charge in [0.25, 0.3) is 0 Å². The molecule has 0 amide bonds. The average Bonchev–Trinajstić information content (AvgIpc) is 2.67. The second-order valence-corrected chi connectivity index (χ2v) is 6.12. The maximum atomic E-state index is 11.5. The number of amidine groups is 1. The van der Waals surface area contributed by atoms with E-state index in [4.69, 9.17) is 11.1 Å². The van der Waals surface area contributed by atoms with Gasteiger partial charge in [-0.05, 0) is 41.2 Å². The first-order chi connectivity index (χ1) is 12.6. The van der Waals surface area contributed by atoms with E-state index in [1.54, 1.807) is 12.1 Å². The van der Waals surface area contributed by atoms with Crippen LogP contribution in [-0.4, -0.2) is 16.9 Å². The lowest BCUT2D eigenvalue weighted by Crippen LogP contribution is -2.10. The van der Waals surface area contributed by atoms with Crippen molar-refractivity contribution >= 4 is 11.8 Å². The van der Waals surface area contributed by atoms with Crippen LogP contribution >= 0.6 is 0 Å². The van der Waals surface area contributed by atoms with Crippen molar-refractivity contribution in [2.45, 2.75) is 12.8 Å². The molecule has 0 fully saturated rings. The van der Waals surface area contributed by atoms with E-state index in [1.807, 2.05) is 60.7 Å². The number of nitrogens with two attached hydrogens (primary N) is 1. The van der Waals surface area contributed by atoms with Crippen LogP contribution < -0.4 is 5.73 Å². The highest BCUT2D eigenvalue weighted by Gasteiger charge is 2.13. The lowest BCUT2D eigenvalue weighted by molar-refractivity contribution is 0.0697. The molecule has 0 saturated carbocycles. The van der Waals surface area contributed by atoms with Gasteiger partial charge in [-0.25, -0.2) is 4.79 Å². The maximum Gasteiger partial charge on any atom is 0.336 e. The fourth-order valence-electron chi connectivity index (χ4n) is 3.04. The minimum Gasteiger partial charge on any atom is -0.478 e. The van der Waals surface area contributed by atoms with Gasteiger partial charge in [0.1, 0.15) is 5.84 Å². The normalized spacial score (nSPS) is 10.5. The fraction of sp³-hybridized carbons (Fsp3) is 0.0909. The SMILES string of the molecule is N=C(N)c1ccc(CCc2ccccc2-c2ccccc2C(=O)O)cc1. The van der Waals surface area contributed by atoms with Crippen LogP contribution in [-0.2, 0) is 12.8 Å². The monoisotopic (exact) mass is 344 g/mol. The summed E-state index contributed by atoms with van der Waals surface area (Å²) in [5, 5.41) is 16.9. The molecule has 4 N–H and O–H groups in total. The third-order valence-corrected chi connectivity index (χ3v) is 4.41. The van der Waals surface area contributed by atoms with Crippen molar-refractivity contribution in [1.29, 1.82) is 5.41 Å². The highest BCUT2D eigenvalue weighted by molar-refractivity contribution is 5.96. The first-order valence-electron chi connectivity index (χ1n) is 8.40. The lowest BCUT2D eigenvalue weighted by Gasteiger charge is -2.12. The van der Waals surface area contributed by atoms with E-state index in [1.165, 1.54) is 0 Å². The summed E-state index contributed by atoms with van der Waals surface area (Å²) in [5.41, 5.74) is 10.5. The Morgan fingerprint density at radius 2 is 1.46 bits per heavy atom. The van der Waals surface area contributed by atoms with Crippen LogP contribution in [0.2, 0.25) is 0 Å². The Morgan fingerprint density at radius 3 is 2.12 bits per heavy atom. The summed E-state index contributed by atoms with van der Waals surface area (Å²) < 4.78 is 0.